The second kappa shape index (κ2) is 6.71. The normalized spacial score (nSPS) is 33.1. The van der Waals surface area contributed by atoms with Crippen LogP contribution < -0.4 is 26.6 Å². The van der Waals surface area contributed by atoms with Gasteiger partial charge >= 0.3 is 5.97 Å². The van der Waals surface area contributed by atoms with Crippen molar-refractivity contribution in [2.75, 3.05) is 7.05 Å². The molecule has 2 fully saturated rings. The lowest BCUT2D eigenvalue weighted by Gasteiger charge is -2.34. The maximum absolute atomic E-state index is 11.2. The highest BCUT2D eigenvalue weighted by atomic mass is 79.9. The Hall–Kier alpha value is -0.870. The van der Waals surface area contributed by atoms with Gasteiger partial charge in [0.2, 0.25) is 0 Å². The zero-order valence-electron chi connectivity index (χ0n) is 13.7. The van der Waals surface area contributed by atoms with Crippen LogP contribution in [0.25, 0.3) is 0 Å². The van der Waals surface area contributed by atoms with Gasteiger partial charge in [-0.25, -0.2) is 0 Å². The highest BCUT2D eigenvalue weighted by molar-refractivity contribution is 5.69. The molecule has 1 heterocycles. The van der Waals surface area contributed by atoms with Gasteiger partial charge in [0.15, 0.2) is 0 Å². The molecule has 4 unspecified atom stereocenters. The Labute approximate surface area is 143 Å². The number of benzene rings is 1. The molecular weight excluding hydrogens is 342 g/mol. The van der Waals surface area contributed by atoms with E-state index in [1.54, 1.807) is 4.90 Å². The smallest absolute Gasteiger partial charge is 0.308 e. The van der Waals surface area contributed by atoms with E-state index in [1.165, 1.54) is 44.6 Å². The maximum Gasteiger partial charge on any atom is 0.308 e. The van der Waals surface area contributed by atoms with Gasteiger partial charge in [-0.05, 0) is 43.4 Å². The Morgan fingerprint density at radius 3 is 2.91 bits per heavy atom. The molecule has 122 valence electrons. The summed E-state index contributed by atoms with van der Waals surface area (Å²) in [5.74, 6) is 0.447. The first-order valence-corrected chi connectivity index (χ1v) is 8.19. The van der Waals surface area contributed by atoms with E-state index in [-0.39, 0.29) is 28.4 Å². The molecule has 0 spiro atoms. The van der Waals surface area contributed by atoms with E-state index in [4.69, 9.17) is 4.74 Å². The van der Waals surface area contributed by atoms with Gasteiger partial charge in [0.1, 0.15) is 5.75 Å². The number of ether oxygens (including phenoxy) is 1. The molecule has 1 saturated carbocycles. The van der Waals surface area contributed by atoms with E-state index in [0.717, 1.165) is 6.04 Å². The molecule has 1 saturated heterocycles. The molecule has 1 aromatic rings. The number of carbonyl (C=O) groups excluding carboxylic acids is 1. The van der Waals surface area contributed by atoms with Crippen LogP contribution in [0.4, 0.5) is 0 Å². The summed E-state index contributed by atoms with van der Waals surface area (Å²) in [4.78, 5) is 12.9. The number of hydrogen-bond donors (Lipinski definition) is 1. The van der Waals surface area contributed by atoms with Crippen LogP contribution >= 0.6 is 0 Å². The number of nitrogens with one attached hydrogen (secondary N) is 1. The molecule has 1 aliphatic carbocycles. The van der Waals surface area contributed by atoms with E-state index < -0.39 is 0 Å². The predicted octanol–water partition coefficient (Wildman–Crippen LogP) is -0.897. The zero-order valence-corrected chi connectivity index (χ0v) is 15.3. The summed E-state index contributed by atoms with van der Waals surface area (Å²) in [6.07, 6.45) is 6.42. The van der Waals surface area contributed by atoms with Crippen molar-refractivity contribution in [2.24, 2.45) is 0 Å². The van der Waals surface area contributed by atoms with Crippen molar-refractivity contribution in [3.8, 4) is 5.75 Å². The van der Waals surface area contributed by atoms with Crippen LogP contribution in [0.15, 0.2) is 24.3 Å². The highest BCUT2D eigenvalue weighted by Crippen LogP contribution is 2.46. The summed E-state index contributed by atoms with van der Waals surface area (Å²) in [7, 11) is 2.36. The van der Waals surface area contributed by atoms with Crippen molar-refractivity contribution in [3.05, 3.63) is 29.8 Å². The molecule has 1 aliphatic heterocycles. The van der Waals surface area contributed by atoms with Crippen LogP contribution in [0.5, 0.6) is 5.75 Å². The summed E-state index contributed by atoms with van der Waals surface area (Å²) in [6, 6.07) is 9.72. The Bertz CT molecular complexity index is 548. The first kappa shape index (κ1) is 17.5. The Morgan fingerprint density at radius 1 is 1.45 bits per heavy atom. The standard InChI is InChI=1S/C18H25NO2.BrH/c1-4-17-18(10-6-8-15(12-18)19(17)3)14-7-5-9-16(11-14)21-13(2)20;/h5,7,9,11,15,17H,4,6,8,10,12H2,1-3H3;1H. The second-order valence-electron chi connectivity index (χ2n) is 6.78. The molecule has 2 bridgehead atoms. The number of halogens is 1. The lowest BCUT2D eigenvalue weighted by Crippen LogP contribution is -3.14. The molecule has 3 rings (SSSR count). The van der Waals surface area contributed by atoms with Gasteiger partial charge in [-0.1, -0.05) is 19.1 Å². The molecule has 0 radical (unpaired) electrons. The van der Waals surface area contributed by atoms with Crippen LogP contribution in [0, 0.1) is 0 Å². The van der Waals surface area contributed by atoms with Crippen LogP contribution in [0.3, 0.4) is 0 Å². The molecular formula is C18H26BrNO2. The van der Waals surface area contributed by atoms with Gasteiger partial charge in [-0.3, -0.25) is 4.79 Å². The Kier molecular flexibility index (Phi) is 5.33. The number of likely N-dealkylation sites (tertiary alicyclic amines) is 1. The molecule has 0 amide bonds. The topological polar surface area (TPSA) is 30.7 Å². The average Bonchev–Trinajstić information content (AvgIpc) is 2.66. The van der Waals surface area contributed by atoms with Gasteiger partial charge in [0, 0.05) is 13.3 Å². The van der Waals surface area contributed by atoms with Crippen LogP contribution in [0.1, 0.15) is 51.5 Å². The van der Waals surface area contributed by atoms with Gasteiger partial charge in [0.25, 0.3) is 0 Å². The fraction of sp³-hybridized carbons (Fsp3) is 0.611. The monoisotopic (exact) mass is 367 g/mol. The fourth-order valence-corrected chi connectivity index (χ4v) is 4.94. The summed E-state index contributed by atoms with van der Waals surface area (Å²) < 4.78 is 5.30. The maximum atomic E-state index is 11.2. The van der Waals surface area contributed by atoms with E-state index in [0.29, 0.717) is 11.8 Å². The number of hydrogen-bond acceptors (Lipinski definition) is 2. The Morgan fingerprint density at radius 2 is 2.23 bits per heavy atom. The van der Waals surface area contributed by atoms with Crippen molar-refractivity contribution in [3.63, 3.8) is 0 Å². The number of rotatable bonds is 3. The minimum absolute atomic E-state index is 0. The van der Waals surface area contributed by atoms with Crippen LogP contribution in [-0.4, -0.2) is 25.1 Å². The number of likely N-dealkylation sites (N-methyl/N-ethyl adjacent to an activating group) is 1. The van der Waals surface area contributed by atoms with Crippen LogP contribution in [-0.2, 0) is 10.2 Å². The Balaban J connectivity index is 0.00000176. The van der Waals surface area contributed by atoms with E-state index >= 15 is 0 Å². The SMILES string of the molecule is CCC1[NH+](C)C2CCCC1(c1cccc(OC(C)=O)c1)C2.[Br-]. The van der Waals surface area contributed by atoms with Crippen molar-refractivity contribution in [2.45, 2.75) is 63.5 Å². The summed E-state index contributed by atoms with van der Waals surface area (Å²) in [5, 5.41) is 0. The molecule has 2 aliphatic rings. The number of carbonyl (C=O) groups is 1. The number of fused-ring (bicyclic) bond motifs is 2. The quantitative estimate of drug-likeness (QED) is 0.554. The van der Waals surface area contributed by atoms with E-state index in [1.807, 2.05) is 12.1 Å². The van der Waals surface area contributed by atoms with Gasteiger partial charge in [0.05, 0.1) is 24.5 Å². The first-order chi connectivity index (χ1) is 10.1. The number of quaternary nitrogens is 1. The lowest BCUT2D eigenvalue weighted by atomic mass is 9.66. The van der Waals surface area contributed by atoms with Gasteiger partial charge < -0.3 is 26.6 Å². The lowest BCUT2D eigenvalue weighted by molar-refractivity contribution is -0.918. The van der Waals surface area contributed by atoms with Crippen molar-refractivity contribution in [1.29, 1.82) is 0 Å². The summed E-state index contributed by atoms with van der Waals surface area (Å²) >= 11 is 0. The van der Waals surface area contributed by atoms with Gasteiger partial charge in [-0.2, -0.15) is 0 Å². The largest absolute Gasteiger partial charge is 1.00 e. The molecule has 1 aromatic carbocycles. The summed E-state index contributed by atoms with van der Waals surface area (Å²) in [5.41, 5.74) is 1.65. The first-order valence-electron chi connectivity index (χ1n) is 8.19. The zero-order chi connectivity index (χ0) is 15.0. The van der Waals surface area contributed by atoms with E-state index in [2.05, 4.69) is 26.1 Å². The third-order valence-electron chi connectivity index (χ3n) is 5.73. The molecule has 0 aromatic heterocycles. The third-order valence-corrected chi connectivity index (χ3v) is 5.73. The minimum Gasteiger partial charge on any atom is -1.00 e. The van der Waals surface area contributed by atoms with Crippen molar-refractivity contribution in [1.82, 2.24) is 0 Å². The second-order valence-corrected chi connectivity index (χ2v) is 6.78. The van der Waals surface area contributed by atoms with E-state index in [9.17, 15) is 4.79 Å². The highest BCUT2D eigenvalue weighted by Gasteiger charge is 2.56. The predicted molar refractivity (Wildman–Crippen MR) is 82.7 cm³/mol. The van der Waals surface area contributed by atoms with Crippen LogP contribution in [0.2, 0.25) is 0 Å². The molecule has 1 N–H and O–H groups in total. The molecule has 3 nitrogen and oxygen atoms in total. The van der Waals surface area contributed by atoms with Gasteiger partial charge in [-0.15, -0.1) is 0 Å². The third kappa shape index (κ3) is 2.83. The molecule has 4 heteroatoms. The minimum atomic E-state index is -0.243. The average molecular weight is 368 g/mol. The molecule has 4 atom stereocenters. The molecule has 22 heavy (non-hydrogen) atoms. The summed E-state index contributed by atoms with van der Waals surface area (Å²) in [6.45, 7) is 3.77. The fourth-order valence-electron chi connectivity index (χ4n) is 4.94. The number of esters is 1. The van der Waals surface area contributed by atoms with Crippen molar-refractivity contribution >= 4 is 5.97 Å². The van der Waals surface area contributed by atoms with Crippen molar-refractivity contribution < 1.29 is 31.4 Å².